The van der Waals surface area contributed by atoms with Gasteiger partial charge < -0.3 is 9.97 Å². The van der Waals surface area contributed by atoms with Crippen LogP contribution >= 0.6 is 11.6 Å². The van der Waals surface area contributed by atoms with E-state index in [2.05, 4.69) is 16.0 Å². The smallest absolute Gasteiger partial charge is 0.306 e. The fourth-order valence-electron chi connectivity index (χ4n) is 2.10. The van der Waals surface area contributed by atoms with Gasteiger partial charge in [-0.3, -0.25) is 0 Å². The predicted octanol–water partition coefficient (Wildman–Crippen LogP) is 3.05. The average Bonchev–Trinajstić information content (AvgIpc) is 2.77. The molecule has 1 heterocycles. The molecule has 3 rings (SSSR count). The number of halogens is 1. The molecular formula is C14H8ClN3O. The molecule has 0 fully saturated rings. The molecule has 19 heavy (non-hydrogen) atoms. The first-order valence-corrected chi connectivity index (χ1v) is 5.98. The Morgan fingerprint density at radius 3 is 2.68 bits per heavy atom. The van der Waals surface area contributed by atoms with Crippen molar-refractivity contribution in [3.8, 4) is 17.2 Å². The third kappa shape index (κ3) is 1.90. The maximum absolute atomic E-state index is 11.2. The van der Waals surface area contributed by atoms with Gasteiger partial charge in [0.2, 0.25) is 0 Å². The Hall–Kier alpha value is -2.51. The van der Waals surface area contributed by atoms with E-state index in [0.29, 0.717) is 21.7 Å². The van der Waals surface area contributed by atoms with E-state index in [4.69, 9.17) is 16.9 Å². The summed E-state index contributed by atoms with van der Waals surface area (Å²) in [6.45, 7) is 0. The van der Waals surface area contributed by atoms with Gasteiger partial charge in [-0.05, 0) is 29.8 Å². The van der Waals surface area contributed by atoms with Crippen LogP contribution in [0.5, 0.6) is 0 Å². The van der Waals surface area contributed by atoms with Gasteiger partial charge in [-0.25, -0.2) is 4.79 Å². The van der Waals surface area contributed by atoms with Gasteiger partial charge in [0.15, 0.2) is 0 Å². The Morgan fingerprint density at radius 1 is 1.11 bits per heavy atom. The molecule has 0 bridgehead atoms. The molecule has 0 spiro atoms. The summed E-state index contributed by atoms with van der Waals surface area (Å²) < 4.78 is 0. The van der Waals surface area contributed by atoms with Gasteiger partial charge in [-0.15, -0.1) is 0 Å². The lowest BCUT2D eigenvalue weighted by Gasteiger charge is -2.06. The summed E-state index contributed by atoms with van der Waals surface area (Å²) in [4.78, 5) is 16.6. The minimum atomic E-state index is -0.258. The van der Waals surface area contributed by atoms with E-state index in [1.165, 1.54) is 0 Å². The Kier molecular flexibility index (Phi) is 2.62. The summed E-state index contributed by atoms with van der Waals surface area (Å²) in [7, 11) is 0. The lowest BCUT2D eigenvalue weighted by molar-refractivity contribution is 1.22. The Balaban J connectivity index is 2.30. The molecule has 1 aromatic heterocycles. The topological polar surface area (TPSA) is 72.4 Å². The number of benzene rings is 2. The molecule has 0 amide bonds. The predicted molar refractivity (Wildman–Crippen MR) is 74.1 cm³/mol. The highest BCUT2D eigenvalue weighted by Crippen LogP contribution is 2.32. The van der Waals surface area contributed by atoms with Crippen molar-refractivity contribution in [3.63, 3.8) is 0 Å². The van der Waals surface area contributed by atoms with Crippen molar-refractivity contribution in [2.24, 2.45) is 0 Å². The van der Waals surface area contributed by atoms with Crippen molar-refractivity contribution in [1.82, 2.24) is 9.97 Å². The molecule has 0 saturated heterocycles. The molecule has 2 N–H and O–H groups in total. The molecular weight excluding hydrogens is 262 g/mol. The van der Waals surface area contributed by atoms with Gasteiger partial charge in [0.25, 0.3) is 0 Å². The van der Waals surface area contributed by atoms with Crippen LogP contribution in [0.3, 0.4) is 0 Å². The SMILES string of the molecule is N#Cc1cccc(Cl)c1-c1ccc2[nH]c(=O)[nH]c2c1. The summed E-state index contributed by atoms with van der Waals surface area (Å²) in [6, 6.07) is 12.7. The van der Waals surface area contributed by atoms with Gasteiger partial charge in [0.05, 0.1) is 22.7 Å². The van der Waals surface area contributed by atoms with Crippen LogP contribution < -0.4 is 5.69 Å². The first kappa shape index (κ1) is 11.6. The molecule has 0 atom stereocenters. The van der Waals surface area contributed by atoms with Crippen LogP contribution in [0, 0.1) is 11.3 Å². The van der Waals surface area contributed by atoms with E-state index in [-0.39, 0.29) is 5.69 Å². The maximum Gasteiger partial charge on any atom is 0.323 e. The summed E-state index contributed by atoms with van der Waals surface area (Å²) in [5.41, 5.74) is 3.13. The number of hydrogen-bond donors (Lipinski definition) is 2. The molecule has 0 aliphatic carbocycles. The Bertz CT molecular complexity index is 870. The molecule has 0 unspecified atom stereocenters. The molecule has 5 heteroatoms. The lowest BCUT2D eigenvalue weighted by Crippen LogP contribution is -1.99. The second-order valence-electron chi connectivity index (χ2n) is 4.11. The number of aromatic amines is 2. The molecule has 4 nitrogen and oxygen atoms in total. The van der Waals surface area contributed by atoms with E-state index >= 15 is 0 Å². The minimum absolute atomic E-state index is 0.258. The van der Waals surface area contributed by atoms with Crippen LogP contribution in [0.2, 0.25) is 5.02 Å². The van der Waals surface area contributed by atoms with Crippen LogP contribution in [-0.4, -0.2) is 9.97 Å². The number of imidazole rings is 1. The fraction of sp³-hybridized carbons (Fsp3) is 0. The van der Waals surface area contributed by atoms with Crippen LogP contribution in [-0.2, 0) is 0 Å². The van der Waals surface area contributed by atoms with Gasteiger partial charge in [-0.1, -0.05) is 23.7 Å². The second kappa shape index (κ2) is 4.30. The normalized spacial score (nSPS) is 10.5. The number of H-pyrrole nitrogens is 2. The highest BCUT2D eigenvalue weighted by molar-refractivity contribution is 6.33. The maximum atomic E-state index is 11.2. The summed E-state index contributed by atoms with van der Waals surface area (Å²) in [5, 5.41) is 9.66. The fourth-order valence-corrected chi connectivity index (χ4v) is 2.38. The van der Waals surface area contributed by atoms with Gasteiger partial charge in [0.1, 0.15) is 0 Å². The van der Waals surface area contributed by atoms with Gasteiger partial charge in [0, 0.05) is 10.6 Å². The van der Waals surface area contributed by atoms with E-state index in [9.17, 15) is 4.79 Å². The van der Waals surface area contributed by atoms with Crippen LogP contribution in [0.25, 0.3) is 22.2 Å². The molecule has 2 aromatic carbocycles. The summed E-state index contributed by atoms with van der Waals surface area (Å²) >= 11 is 6.17. The first-order chi connectivity index (χ1) is 9.19. The van der Waals surface area contributed by atoms with E-state index in [0.717, 1.165) is 11.1 Å². The zero-order valence-corrected chi connectivity index (χ0v) is 10.5. The largest absolute Gasteiger partial charge is 0.323 e. The van der Waals surface area contributed by atoms with Crippen LogP contribution in [0.1, 0.15) is 5.56 Å². The van der Waals surface area contributed by atoms with E-state index in [1.54, 1.807) is 30.3 Å². The van der Waals surface area contributed by atoms with E-state index < -0.39 is 0 Å². The van der Waals surface area contributed by atoms with Crippen molar-refractivity contribution in [3.05, 3.63) is 57.5 Å². The third-order valence-electron chi connectivity index (χ3n) is 2.94. The monoisotopic (exact) mass is 269 g/mol. The van der Waals surface area contributed by atoms with Gasteiger partial charge >= 0.3 is 5.69 Å². The number of hydrogen-bond acceptors (Lipinski definition) is 2. The van der Waals surface area contributed by atoms with Crippen molar-refractivity contribution < 1.29 is 0 Å². The van der Waals surface area contributed by atoms with Gasteiger partial charge in [-0.2, -0.15) is 5.26 Å². The second-order valence-corrected chi connectivity index (χ2v) is 4.52. The number of nitrogens with one attached hydrogen (secondary N) is 2. The third-order valence-corrected chi connectivity index (χ3v) is 3.25. The molecule has 0 radical (unpaired) electrons. The standard InChI is InChI=1S/C14H8ClN3O/c15-10-3-1-2-9(7-16)13(10)8-4-5-11-12(6-8)18-14(19)17-11/h1-6H,(H2,17,18,19). The van der Waals surface area contributed by atoms with Crippen molar-refractivity contribution in [2.75, 3.05) is 0 Å². The molecule has 92 valence electrons. The Labute approximate surface area is 113 Å². The zero-order chi connectivity index (χ0) is 13.4. The average molecular weight is 270 g/mol. The van der Waals surface area contributed by atoms with E-state index in [1.807, 2.05) is 6.07 Å². The first-order valence-electron chi connectivity index (χ1n) is 5.60. The molecule has 3 aromatic rings. The molecule has 0 saturated carbocycles. The molecule has 0 aliphatic rings. The number of rotatable bonds is 1. The van der Waals surface area contributed by atoms with Crippen molar-refractivity contribution in [2.45, 2.75) is 0 Å². The number of nitriles is 1. The highest BCUT2D eigenvalue weighted by atomic mass is 35.5. The molecule has 0 aliphatic heterocycles. The number of aromatic nitrogens is 2. The highest BCUT2D eigenvalue weighted by Gasteiger charge is 2.10. The number of nitrogens with zero attached hydrogens (tertiary/aromatic N) is 1. The number of fused-ring (bicyclic) bond motifs is 1. The van der Waals surface area contributed by atoms with Crippen LogP contribution in [0.15, 0.2) is 41.2 Å². The van der Waals surface area contributed by atoms with Crippen molar-refractivity contribution in [1.29, 1.82) is 5.26 Å². The lowest BCUT2D eigenvalue weighted by atomic mass is 10.00. The Morgan fingerprint density at radius 2 is 1.89 bits per heavy atom. The van der Waals surface area contributed by atoms with Crippen LogP contribution in [0.4, 0.5) is 0 Å². The minimum Gasteiger partial charge on any atom is -0.306 e. The zero-order valence-electron chi connectivity index (χ0n) is 9.70. The summed E-state index contributed by atoms with van der Waals surface area (Å²) in [6.07, 6.45) is 0. The van der Waals surface area contributed by atoms with Crippen molar-refractivity contribution >= 4 is 22.6 Å². The summed E-state index contributed by atoms with van der Waals surface area (Å²) in [5.74, 6) is 0. The quantitative estimate of drug-likeness (QED) is 0.713.